The lowest BCUT2D eigenvalue weighted by atomic mass is 9.75. The van der Waals surface area contributed by atoms with Gasteiger partial charge in [-0.15, -0.1) is 0 Å². The first-order valence-corrected chi connectivity index (χ1v) is 8.02. The molecule has 0 bridgehead atoms. The fraction of sp³-hybridized carbons (Fsp3) is 0.882. The molecule has 0 aliphatic heterocycles. The van der Waals surface area contributed by atoms with E-state index in [1.165, 1.54) is 0 Å². The largest absolute Gasteiger partial charge is 0.390 e. The summed E-state index contributed by atoms with van der Waals surface area (Å²) in [6, 6.07) is 0. The summed E-state index contributed by atoms with van der Waals surface area (Å²) in [4.78, 5) is 0. The first-order chi connectivity index (χ1) is 9.56. The number of aliphatic hydroxyl groups excluding tert-OH is 2. The van der Waals surface area contributed by atoms with Crippen LogP contribution in [0.15, 0.2) is 12.2 Å². The number of rotatable bonds is 1. The molecular formula is C17H32O4. The van der Waals surface area contributed by atoms with E-state index < -0.39 is 23.4 Å². The molecule has 0 aromatic heterocycles. The second-order valence-electron chi connectivity index (χ2n) is 7.31. The van der Waals surface area contributed by atoms with Crippen LogP contribution in [0.1, 0.15) is 65.7 Å². The van der Waals surface area contributed by atoms with Crippen molar-refractivity contribution in [2.24, 2.45) is 5.92 Å². The van der Waals surface area contributed by atoms with Gasteiger partial charge in [0.2, 0.25) is 0 Å². The van der Waals surface area contributed by atoms with Crippen molar-refractivity contribution in [2.75, 3.05) is 0 Å². The average Bonchev–Trinajstić information content (AvgIpc) is 2.37. The van der Waals surface area contributed by atoms with Crippen molar-refractivity contribution in [3.63, 3.8) is 0 Å². The van der Waals surface area contributed by atoms with Gasteiger partial charge in [-0.25, -0.2) is 0 Å². The molecule has 2 fully saturated rings. The summed E-state index contributed by atoms with van der Waals surface area (Å²) in [5.74, 6) is 0.389. The number of aliphatic hydroxyl groups is 4. The van der Waals surface area contributed by atoms with Crippen molar-refractivity contribution < 1.29 is 20.4 Å². The zero-order valence-corrected chi connectivity index (χ0v) is 13.7. The molecule has 2 aliphatic carbocycles. The topological polar surface area (TPSA) is 80.9 Å². The molecule has 0 heterocycles. The van der Waals surface area contributed by atoms with Crippen LogP contribution in [0.3, 0.4) is 0 Å². The Labute approximate surface area is 128 Å². The van der Waals surface area contributed by atoms with E-state index in [4.69, 9.17) is 0 Å². The van der Waals surface area contributed by atoms with Gasteiger partial charge in [-0.1, -0.05) is 25.0 Å². The normalized spacial score (nSPS) is 43.7. The van der Waals surface area contributed by atoms with E-state index in [1.807, 2.05) is 6.92 Å². The molecule has 0 aromatic carbocycles. The zero-order chi connectivity index (χ0) is 16.3. The Kier molecular flexibility index (Phi) is 6.41. The summed E-state index contributed by atoms with van der Waals surface area (Å²) in [6.07, 6.45) is 4.79. The lowest BCUT2D eigenvalue weighted by molar-refractivity contribution is -0.0952. The van der Waals surface area contributed by atoms with Crippen LogP contribution in [0.4, 0.5) is 0 Å². The highest BCUT2D eigenvalue weighted by molar-refractivity contribution is 5.02. The van der Waals surface area contributed by atoms with Crippen molar-refractivity contribution in [3.8, 4) is 0 Å². The van der Waals surface area contributed by atoms with Gasteiger partial charge in [0.1, 0.15) is 0 Å². The molecule has 0 aromatic rings. The number of hydrogen-bond donors (Lipinski definition) is 4. The fourth-order valence-corrected chi connectivity index (χ4v) is 3.02. The summed E-state index contributed by atoms with van der Waals surface area (Å²) < 4.78 is 0. The van der Waals surface area contributed by atoms with Crippen molar-refractivity contribution >= 4 is 0 Å². The molecular weight excluding hydrogens is 268 g/mol. The Morgan fingerprint density at radius 1 is 0.952 bits per heavy atom. The second-order valence-corrected chi connectivity index (χ2v) is 7.31. The van der Waals surface area contributed by atoms with Gasteiger partial charge in [0.15, 0.2) is 0 Å². The fourth-order valence-electron chi connectivity index (χ4n) is 3.02. The highest BCUT2D eigenvalue weighted by Crippen LogP contribution is 2.35. The average molecular weight is 300 g/mol. The van der Waals surface area contributed by atoms with Crippen LogP contribution in [-0.2, 0) is 0 Å². The smallest absolute Gasteiger partial charge is 0.0877 e. The van der Waals surface area contributed by atoms with Crippen molar-refractivity contribution in [3.05, 3.63) is 12.2 Å². The molecule has 5 atom stereocenters. The maximum Gasteiger partial charge on any atom is 0.0877 e. The molecule has 2 rings (SSSR count). The minimum atomic E-state index is -0.883. The van der Waals surface area contributed by atoms with Crippen LogP contribution in [-0.4, -0.2) is 43.8 Å². The summed E-state index contributed by atoms with van der Waals surface area (Å²) in [5, 5.41) is 37.8. The molecule has 4 heteroatoms. The molecule has 0 saturated heterocycles. The maximum absolute atomic E-state index is 9.66. The van der Waals surface area contributed by atoms with Crippen molar-refractivity contribution in [1.82, 2.24) is 0 Å². The molecule has 2 aliphatic rings. The Hall–Kier alpha value is -0.420. The highest BCUT2D eigenvalue weighted by atomic mass is 16.3. The molecule has 0 unspecified atom stereocenters. The monoisotopic (exact) mass is 300 g/mol. The van der Waals surface area contributed by atoms with Gasteiger partial charge in [-0.2, -0.15) is 0 Å². The zero-order valence-electron chi connectivity index (χ0n) is 13.7. The van der Waals surface area contributed by atoms with Gasteiger partial charge in [0.25, 0.3) is 0 Å². The van der Waals surface area contributed by atoms with Gasteiger partial charge >= 0.3 is 0 Å². The summed E-state index contributed by atoms with van der Waals surface area (Å²) in [7, 11) is 0. The molecule has 2 saturated carbocycles. The third kappa shape index (κ3) is 5.37. The predicted molar refractivity (Wildman–Crippen MR) is 83.9 cm³/mol. The highest BCUT2D eigenvalue weighted by Gasteiger charge is 2.37. The van der Waals surface area contributed by atoms with Crippen molar-refractivity contribution in [2.45, 2.75) is 89.1 Å². The first-order valence-electron chi connectivity index (χ1n) is 8.02. The van der Waals surface area contributed by atoms with E-state index >= 15 is 0 Å². The van der Waals surface area contributed by atoms with Gasteiger partial charge in [0.05, 0.1) is 23.4 Å². The van der Waals surface area contributed by atoms with Crippen LogP contribution in [0.25, 0.3) is 0 Å². The van der Waals surface area contributed by atoms with Gasteiger partial charge in [-0.05, 0) is 58.8 Å². The Bertz CT molecular complexity index is 349. The van der Waals surface area contributed by atoms with E-state index in [0.29, 0.717) is 18.8 Å². The molecule has 0 spiro atoms. The number of hydrogen-bond acceptors (Lipinski definition) is 4. The van der Waals surface area contributed by atoms with Crippen LogP contribution in [0.5, 0.6) is 0 Å². The summed E-state index contributed by atoms with van der Waals surface area (Å²) in [6.45, 7) is 9.26. The summed E-state index contributed by atoms with van der Waals surface area (Å²) >= 11 is 0. The predicted octanol–water partition coefficient (Wildman–Crippen LogP) is 2.15. The minimum absolute atomic E-state index is 0.389. The van der Waals surface area contributed by atoms with Gasteiger partial charge in [-0.3, -0.25) is 0 Å². The quantitative estimate of drug-likeness (QED) is 0.559. The van der Waals surface area contributed by atoms with Crippen molar-refractivity contribution in [1.29, 1.82) is 0 Å². The standard InChI is InChI=1S/C10H18O2.C7H14O2/c1-7(2)8-4-5-10(3,12)9(11)6-8;1-7(9)5-3-2-4-6(7)8/h8-9,11-12H,1,4-6H2,2-3H3;6,8-9H,2-5H2,1H3/t8-,9+,10+;6-,7-/m01/s1. The van der Waals surface area contributed by atoms with Crippen LogP contribution in [0, 0.1) is 5.92 Å². The lowest BCUT2D eigenvalue weighted by Gasteiger charge is -2.38. The summed E-state index contributed by atoms with van der Waals surface area (Å²) in [5.41, 5.74) is -0.575. The Morgan fingerprint density at radius 2 is 1.52 bits per heavy atom. The molecule has 0 radical (unpaired) electrons. The van der Waals surface area contributed by atoms with Crippen LogP contribution >= 0.6 is 0 Å². The molecule has 4 N–H and O–H groups in total. The Morgan fingerprint density at radius 3 is 1.90 bits per heavy atom. The van der Waals surface area contributed by atoms with Crippen LogP contribution in [0.2, 0.25) is 0 Å². The molecule has 21 heavy (non-hydrogen) atoms. The minimum Gasteiger partial charge on any atom is -0.390 e. The molecule has 124 valence electrons. The second kappa shape index (κ2) is 7.23. The third-order valence-electron chi connectivity index (χ3n) is 5.05. The van der Waals surface area contributed by atoms with Gasteiger partial charge in [0, 0.05) is 0 Å². The van der Waals surface area contributed by atoms with E-state index in [2.05, 4.69) is 6.58 Å². The lowest BCUT2D eigenvalue weighted by Crippen LogP contribution is -2.44. The molecule has 4 nitrogen and oxygen atoms in total. The van der Waals surface area contributed by atoms with E-state index in [0.717, 1.165) is 37.7 Å². The van der Waals surface area contributed by atoms with E-state index in [9.17, 15) is 20.4 Å². The van der Waals surface area contributed by atoms with Gasteiger partial charge < -0.3 is 20.4 Å². The third-order valence-corrected chi connectivity index (χ3v) is 5.05. The Balaban J connectivity index is 0.000000219. The van der Waals surface area contributed by atoms with Crippen LogP contribution < -0.4 is 0 Å². The number of allylic oxidation sites excluding steroid dienone is 1. The van der Waals surface area contributed by atoms with E-state index in [-0.39, 0.29) is 0 Å². The van der Waals surface area contributed by atoms with E-state index in [1.54, 1.807) is 13.8 Å². The first kappa shape index (κ1) is 18.6. The molecule has 0 amide bonds. The SMILES string of the molecule is C=C(C)[C@H]1CC[C@@](C)(O)[C@H](O)C1.C[C@@]1(O)CCCC[C@H]1O. The maximum atomic E-state index is 9.66.